The van der Waals surface area contributed by atoms with Gasteiger partial charge in [-0.1, -0.05) is 54.6 Å². The quantitative estimate of drug-likeness (QED) is 0.208. The number of aryl methyl sites for hydroxylation is 1. The first-order chi connectivity index (χ1) is 20.0. The number of carbonyl (C=O) groups excluding carboxylic acids is 1. The molecule has 1 aromatic heterocycles. The highest BCUT2D eigenvalue weighted by atomic mass is 16.5. The Morgan fingerprint density at radius 1 is 0.976 bits per heavy atom. The molecular formula is C33H35N3O5. The first kappa shape index (κ1) is 28.0. The number of ketones is 1. The molecule has 212 valence electrons. The summed E-state index contributed by atoms with van der Waals surface area (Å²) in [6, 6.07) is 23.1. The van der Waals surface area contributed by atoms with E-state index in [2.05, 4.69) is 10.2 Å². The minimum absolute atomic E-state index is 0.164. The molecule has 8 nitrogen and oxygen atoms in total. The molecule has 5 rings (SSSR count). The molecule has 41 heavy (non-hydrogen) atoms. The van der Waals surface area contributed by atoms with Crippen molar-refractivity contribution in [3.63, 3.8) is 0 Å². The minimum atomic E-state index is -1.00. The molecule has 3 aromatic carbocycles. The fourth-order valence-electron chi connectivity index (χ4n) is 5.03. The number of rotatable bonds is 12. The van der Waals surface area contributed by atoms with Gasteiger partial charge in [0.15, 0.2) is 5.78 Å². The van der Waals surface area contributed by atoms with Crippen LogP contribution in [0.3, 0.4) is 0 Å². The topological polar surface area (TPSA) is 105 Å². The molecule has 0 amide bonds. The van der Waals surface area contributed by atoms with Crippen LogP contribution < -0.4 is 15.0 Å². The Hall–Kier alpha value is -4.59. The molecule has 1 atom stereocenters. The SMILES string of the molecule is Cc1oc(N2CCCCC2)nc1CCOc1ccc(C[C@H](Nc2ccccc2C(=O)c2ccccc2)C(=O)O)cc1. The van der Waals surface area contributed by atoms with Crippen molar-refractivity contribution in [2.24, 2.45) is 0 Å². The second-order valence-electron chi connectivity index (χ2n) is 10.3. The third kappa shape index (κ3) is 7.14. The van der Waals surface area contributed by atoms with Crippen LogP contribution in [-0.2, 0) is 17.6 Å². The van der Waals surface area contributed by atoms with Crippen LogP contribution in [0.4, 0.5) is 11.7 Å². The van der Waals surface area contributed by atoms with E-state index in [1.807, 2.05) is 37.3 Å². The zero-order chi connectivity index (χ0) is 28.6. The van der Waals surface area contributed by atoms with Gasteiger partial charge in [0, 0.05) is 42.7 Å². The van der Waals surface area contributed by atoms with Crippen LogP contribution in [0.5, 0.6) is 5.75 Å². The van der Waals surface area contributed by atoms with Crippen LogP contribution in [-0.4, -0.2) is 47.6 Å². The number of carboxylic acid groups (broad SMARTS) is 1. The average Bonchev–Trinajstić information content (AvgIpc) is 3.38. The number of nitrogens with zero attached hydrogens (tertiary/aromatic N) is 2. The van der Waals surface area contributed by atoms with Gasteiger partial charge in [0.25, 0.3) is 6.01 Å². The van der Waals surface area contributed by atoms with Crippen molar-refractivity contribution in [3.05, 3.63) is 107 Å². The molecule has 1 saturated heterocycles. The van der Waals surface area contributed by atoms with Gasteiger partial charge in [-0.25, -0.2) is 4.79 Å². The highest BCUT2D eigenvalue weighted by Gasteiger charge is 2.22. The summed E-state index contributed by atoms with van der Waals surface area (Å²) in [5.41, 5.74) is 3.20. The predicted molar refractivity (Wildman–Crippen MR) is 158 cm³/mol. The van der Waals surface area contributed by atoms with Crippen LogP contribution in [0.15, 0.2) is 83.3 Å². The number of hydrogen-bond acceptors (Lipinski definition) is 7. The van der Waals surface area contributed by atoms with Crippen molar-refractivity contribution in [1.29, 1.82) is 0 Å². The Labute approximate surface area is 240 Å². The second-order valence-corrected chi connectivity index (χ2v) is 10.3. The fourth-order valence-corrected chi connectivity index (χ4v) is 5.03. The second kappa shape index (κ2) is 13.2. The number of para-hydroxylation sites is 1. The van der Waals surface area contributed by atoms with Gasteiger partial charge in [-0.2, -0.15) is 4.98 Å². The third-order valence-electron chi connectivity index (χ3n) is 7.31. The molecule has 0 aliphatic carbocycles. The summed E-state index contributed by atoms with van der Waals surface area (Å²) in [5, 5.41) is 13.0. The summed E-state index contributed by atoms with van der Waals surface area (Å²) in [5.74, 6) is 0.357. The Balaban J connectivity index is 1.17. The average molecular weight is 554 g/mol. The van der Waals surface area contributed by atoms with Gasteiger partial charge in [-0.05, 0) is 56.0 Å². The summed E-state index contributed by atoms with van der Waals surface area (Å²) < 4.78 is 11.8. The molecule has 0 unspecified atom stereocenters. The largest absolute Gasteiger partial charge is 0.493 e. The van der Waals surface area contributed by atoms with Crippen molar-refractivity contribution in [2.75, 3.05) is 29.9 Å². The lowest BCUT2D eigenvalue weighted by atomic mass is 10.00. The zero-order valence-corrected chi connectivity index (χ0v) is 23.2. The molecule has 0 saturated carbocycles. The van der Waals surface area contributed by atoms with Crippen LogP contribution in [0.2, 0.25) is 0 Å². The number of carboxylic acids is 1. The van der Waals surface area contributed by atoms with E-state index in [1.54, 1.807) is 48.5 Å². The number of ether oxygens (including phenoxy) is 1. The number of aromatic nitrogens is 1. The van der Waals surface area contributed by atoms with E-state index in [0.29, 0.717) is 41.6 Å². The maximum atomic E-state index is 13.1. The first-order valence-electron chi connectivity index (χ1n) is 14.1. The normalized spacial score (nSPS) is 13.9. The van der Waals surface area contributed by atoms with Crippen LogP contribution in [0.25, 0.3) is 0 Å². The van der Waals surface area contributed by atoms with E-state index in [4.69, 9.17) is 14.1 Å². The Bertz CT molecular complexity index is 1460. The summed E-state index contributed by atoms with van der Waals surface area (Å²) in [6.45, 7) is 4.36. The smallest absolute Gasteiger partial charge is 0.326 e. The molecule has 8 heteroatoms. The van der Waals surface area contributed by atoms with Crippen molar-refractivity contribution in [1.82, 2.24) is 4.98 Å². The van der Waals surface area contributed by atoms with Crippen LogP contribution >= 0.6 is 0 Å². The van der Waals surface area contributed by atoms with Gasteiger partial charge in [-0.15, -0.1) is 0 Å². The maximum absolute atomic E-state index is 13.1. The molecular weight excluding hydrogens is 518 g/mol. The minimum Gasteiger partial charge on any atom is -0.493 e. The first-order valence-corrected chi connectivity index (χ1v) is 14.1. The van der Waals surface area contributed by atoms with Gasteiger partial charge in [0.1, 0.15) is 17.6 Å². The lowest BCUT2D eigenvalue weighted by molar-refractivity contribution is -0.137. The number of aliphatic carboxylic acids is 1. The molecule has 0 bridgehead atoms. The monoisotopic (exact) mass is 553 g/mol. The molecule has 0 radical (unpaired) electrons. The molecule has 1 aliphatic rings. The number of hydrogen-bond donors (Lipinski definition) is 2. The van der Waals surface area contributed by atoms with Crippen molar-refractivity contribution in [2.45, 2.75) is 45.1 Å². The predicted octanol–water partition coefficient (Wildman–Crippen LogP) is 5.93. The summed E-state index contributed by atoms with van der Waals surface area (Å²) in [4.78, 5) is 32.1. The standard InChI is InChI=1S/C33H35N3O5/c1-23-28(35-33(41-23)36-19-8-3-9-20-36)18-21-40-26-16-14-24(15-17-26)22-30(32(38)39)34-29-13-7-6-12-27(29)31(37)25-10-4-2-5-11-25/h2,4-7,10-17,30,34H,3,8-9,18-22H2,1H3,(H,38,39)/t30-/m0/s1. The number of anilines is 2. The number of carbonyl (C=O) groups is 2. The van der Waals surface area contributed by atoms with Gasteiger partial charge in [0.05, 0.1) is 12.3 Å². The molecule has 2 N–H and O–H groups in total. The summed E-state index contributed by atoms with van der Waals surface area (Å²) in [7, 11) is 0. The van der Waals surface area contributed by atoms with Gasteiger partial charge < -0.3 is 24.5 Å². The van der Waals surface area contributed by atoms with E-state index >= 15 is 0 Å². The molecule has 2 heterocycles. The van der Waals surface area contributed by atoms with Crippen molar-refractivity contribution < 1.29 is 23.8 Å². The highest BCUT2D eigenvalue weighted by molar-refractivity contribution is 6.12. The Morgan fingerprint density at radius 2 is 1.68 bits per heavy atom. The number of piperidine rings is 1. The van der Waals surface area contributed by atoms with Crippen molar-refractivity contribution in [3.8, 4) is 5.75 Å². The number of benzene rings is 3. The van der Waals surface area contributed by atoms with Gasteiger partial charge in [0.2, 0.25) is 0 Å². The molecule has 1 aliphatic heterocycles. The summed E-state index contributed by atoms with van der Waals surface area (Å²) >= 11 is 0. The van der Waals surface area contributed by atoms with E-state index < -0.39 is 12.0 Å². The zero-order valence-electron chi connectivity index (χ0n) is 23.2. The van der Waals surface area contributed by atoms with Crippen LogP contribution in [0, 0.1) is 6.92 Å². The van der Waals surface area contributed by atoms with E-state index in [0.717, 1.165) is 30.1 Å². The summed E-state index contributed by atoms with van der Waals surface area (Å²) in [6.07, 6.45) is 4.46. The number of nitrogens with one attached hydrogen (secondary N) is 1. The van der Waals surface area contributed by atoms with Crippen molar-refractivity contribution >= 4 is 23.5 Å². The maximum Gasteiger partial charge on any atom is 0.326 e. The van der Waals surface area contributed by atoms with E-state index in [1.165, 1.54) is 19.3 Å². The van der Waals surface area contributed by atoms with E-state index in [-0.39, 0.29) is 12.2 Å². The molecule has 0 spiro atoms. The van der Waals surface area contributed by atoms with E-state index in [9.17, 15) is 14.7 Å². The molecule has 1 fully saturated rings. The molecule has 4 aromatic rings. The lowest BCUT2D eigenvalue weighted by Crippen LogP contribution is -2.32. The number of oxazole rings is 1. The van der Waals surface area contributed by atoms with Crippen LogP contribution in [0.1, 0.15) is 52.2 Å². The third-order valence-corrected chi connectivity index (χ3v) is 7.31. The lowest BCUT2D eigenvalue weighted by Gasteiger charge is -2.24. The Morgan fingerprint density at radius 3 is 2.41 bits per heavy atom. The Kier molecular flexibility index (Phi) is 8.98. The fraction of sp³-hybridized carbons (Fsp3) is 0.303. The van der Waals surface area contributed by atoms with Gasteiger partial charge >= 0.3 is 5.97 Å². The van der Waals surface area contributed by atoms with Gasteiger partial charge in [-0.3, -0.25) is 4.79 Å². The highest BCUT2D eigenvalue weighted by Crippen LogP contribution is 2.24.